The number of nitrogen functional groups attached to an aromatic ring is 1. The number of nitrogens with zero attached hydrogens (tertiary/aromatic N) is 1. The minimum Gasteiger partial charge on any atom is -0.399 e. The van der Waals surface area contributed by atoms with Crippen LogP contribution in [0.1, 0.15) is 0 Å². The molecule has 0 saturated heterocycles. The Morgan fingerprint density at radius 2 is 2.14 bits per heavy atom. The topological polar surface area (TPSA) is 41.3 Å². The molecule has 0 radical (unpaired) electrons. The number of hydrogen-bond acceptors (Lipinski definition) is 3. The lowest BCUT2D eigenvalue weighted by atomic mass is 10.3. The fourth-order valence-electron chi connectivity index (χ4n) is 1.09. The van der Waals surface area contributed by atoms with Crippen LogP contribution in [-0.4, -0.2) is 32.1 Å². The van der Waals surface area contributed by atoms with Crippen molar-refractivity contribution in [3.05, 3.63) is 22.7 Å². The van der Waals surface area contributed by atoms with Crippen LogP contribution in [0.2, 0.25) is 0 Å². The molecule has 0 aliphatic carbocycles. The van der Waals surface area contributed by atoms with E-state index in [1.165, 1.54) is 0 Å². The summed E-state index contributed by atoms with van der Waals surface area (Å²) in [6.07, 6.45) is 0. The van der Waals surface area contributed by atoms with E-state index in [1.807, 2.05) is 18.2 Å². The van der Waals surface area contributed by atoms with Crippen LogP contribution < -0.4 is 11.1 Å². The highest BCUT2D eigenvalue weighted by molar-refractivity contribution is 9.10. The molecule has 0 bridgehead atoms. The zero-order chi connectivity index (χ0) is 10.6. The van der Waals surface area contributed by atoms with Crippen LogP contribution in [0.3, 0.4) is 0 Å². The van der Waals surface area contributed by atoms with E-state index in [-0.39, 0.29) is 0 Å². The molecule has 4 heteroatoms. The third-order valence-electron chi connectivity index (χ3n) is 1.87. The first-order valence-electron chi connectivity index (χ1n) is 4.53. The Balaban J connectivity index is 2.51. The van der Waals surface area contributed by atoms with Crippen molar-refractivity contribution in [3.8, 4) is 0 Å². The summed E-state index contributed by atoms with van der Waals surface area (Å²) < 4.78 is 1.01. The fraction of sp³-hybridized carbons (Fsp3) is 0.400. The summed E-state index contributed by atoms with van der Waals surface area (Å²) in [5, 5.41) is 3.33. The Morgan fingerprint density at radius 3 is 2.71 bits per heavy atom. The first-order valence-corrected chi connectivity index (χ1v) is 5.32. The van der Waals surface area contributed by atoms with E-state index < -0.39 is 0 Å². The molecule has 0 spiro atoms. The van der Waals surface area contributed by atoms with E-state index in [2.05, 4.69) is 40.2 Å². The van der Waals surface area contributed by atoms with Crippen molar-refractivity contribution in [3.63, 3.8) is 0 Å². The van der Waals surface area contributed by atoms with Crippen molar-refractivity contribution in [1.82, 2.24) is 4.90 Å². The molecule has 0 unspecified atom stereocenters. The number of halogens is 1. The lowest BCUT2D eigenvalue weighted by molar-refractivity contribution is 0.425. The predicted molar refractivity (Wildman–Crippen MR) is 65.6 cm³/mol. The number of likely N-dealkylation sites (N-methyl/N-ethyl adjacent to an activating group) is 1. The second-order valence-corrected chi connectivity index (χ2v) is 4.32. The number of nitrogens with one attached hydrogen (secondary N) is 1. The summed E-state index contributed by atoms with van der Waals surface area (Å²) in [7, 11) is 4.11. The first kappa shape index (κ1) is 11.3. The minimum absolute atomic E-state index is 0.773. The Hall–Kier alpha value is -0.740. The van der Waals surface area contributed by atoms with Gasteiger partial charge in [-0.25, -0.2) is 0 Å². The van der Waals surface area contributed by atoms with E-state index in [1.54, 1.807) is 0 Å². The molecule has 0 atom stereocenters. The third kappa shape index (κ3) is 3.55. The van der Waals surface area contributed by atoms with Gasteiger partial charge in [0.25, 0.3) is 0 Å². The second-order valence-electron chi connectivity index (χ2n) is 3.47. The van der Waals surface area contributed by atoms with Crippen molar-refractivity contribution in [2.24, 2.45) is 0 Å². The van der Waals surface area contributed by atoms with Crippen molar-refractivity contribution in [2.75, 3.05) is 38.2 Å². The van der Waals surface area contributed by atoms with E-state index in [9.17, 15) is 0 Å². The quantitative estimate of drug-likeness (QED) is 0.812. The van der Waals surface area contributed by atoms with Gasteiger partial charge in [-0.15, -0.1) is 0 Å². The van der Waals surface area contributed by atoms with E-state index in [4.69, 9.17) is 5.73 Å². The number of rotatable bonds is 4. The van der Waals surface area contributed by atoms with Crippen molar-refractivity contribution in [1.29, 1.82) is 0 Å². The van der Waals surface area contributed by atoms with Gasteiger partial charge in [0.1, 0.15) is 0 Å². The number of benzene rings is 1. The molecule has 0 aliphatic rings. The van der Waals surface area contributed by atoms with Crippen LogP contribution in [-0.2, 0) is 0 Å². The lowest BCUT2D eigenvalue weighted by Gasteiger charge is -2.12. The van der Waals surface area contributed by atoms with Crippen LogP contribution in [0, 0.1) is 0 Å². The molecule has 1 aromatic rings. The first-order chi connectivity index (χ1) is 6.59. The van der Waals surface area contributed by atoms with E-state index in [0.717, 1.165) is 28.9 Å². The van der Waals surface area contributed by atoms with Crippen LogP contribution in [0.25, 0.3) is 0 Å². The Labute approximate surface area is 93.4 Å². The number of anilines is 2. The van der Waals surface area contributed by atoms with Crippen LogP contribution in [0.5, 0.6) is 0 Å². The van der Waals surface area contributed by atoms with Gasteiger partial charge in [0.2, 0.25) is 0 Å². The predicted octanol–water partition coefficient (Wildman–Crippen LogP) is 2.00. The van der Waals surface area contributed by atoms with Crippen molar-refractivity contribution < 1.29 is 0 Å². The molecule has 0 heterocycles. The van der Waals surface area contributed by atoms with E-state index in [0.29, 0.717) is 0 Å². The molecule has 78 valence electrons. The summed E-state index contributed by atoms with van der Waals surface area (Å²) in [5.74, 6) is 0. The molecule has 1 aromatic carbocycles. The fourth-order valence-corrected chi connectivity index (χ4v) is 1.63. The molecule has 3 N–H and O–H groups in total. The smallest absolute Gasteiger partial charge is 0.0486 e. The normalized spacial score (nSPS) is 10.6. The zero-order valence-electron chi connectivity index (χ0n) is 8.55. The van der Waals surface area contributed by atoms with Gasteiger partial charge in [-0.05, 0) is 48.2 Å². The van der Waals surface area contributed by atoms with Gasteiger partial charge in [-0.3, -0.25) is 0 Å². The van der Waals surface area contributed by atoms with Crippen molar-refractivity contribution >= 4 is 27.3 Å². The molecule has 3 nitrogen and oxygen atoms in total. The molecule has 1 rings (SSSR count). The SMILES string of the molecule is CN(C)CCNc1ccc(N)cc1Br. The highest BCUT2D eigenvalue weighted by atomic mass is 79.9. The van der Waals surface area contributed by atoms with Gasteiger partial charge in [-0.2, -0.15) is 0 Å². The summed E-state index contributed by atoms with van der Waals surface area (Å²) in [6.45, 7) is 1.94. The van der Waals surface area contributed by atoms with Gasteiger partial charge in [-0.1, -0.05) is 0 Å². The van der Waals surface area contributed by atoms with Gasteiger partial charge >= 0.3 is 0 Å². The standard InChI is InChI=1S/C10H16BrN3/c1-14(2)6-5-13-10-4-3-8(12)7-9(10)11/h3-4,7,13H,5-6,12H2,1-2H3. The molecule has 0 amide bonds. The van der Waals surface area contributed by atoms with Crippen molar-refractivity contribution in [2.45, 2.75) is 0 Å². The molecular formula is C10H16BrN3. The Bertz CT molecular complexity index is 299. The van der Waals surface area contributed by atoms with Crippen LogP contribution >= 0.6 is 15.9 Å². The average Bonchev–Trinajstić information content (AvgIpc) is 2.08. The second kappa shape index (κ2) is 5.22. The Morgan fingerprint density at radius 1 is 1.43 bits per heavy atom. The summed E-state index contributed by atoms with van der Waals surface area (Å²) in [5.41, 5.74) is 7.50. The molecule has 0 saturated carbocycles. The van der Waals surface area contributed by atoms with E-state index >= 15 is 0 Å². The summed E-state index contributed by atoms with van der Waals surface area (Å²) >= 11 is 3.46. The highest BCUT2D eigenvalue weighted by Gasteiger charge is 1.99. The van der Waals surface area contributed by atoms with Crippen LogP contribution in [0.4, 0.5) is 11.4 Å². The minimum atomic E-state index is 0.773. The molecule has 0 fully saturated rings. The number of hydrogen-bond donors (Lipinski definition) is 2. The average molecular weight is 258 g/mol. The lowest BCUT2D eigenvalue weighted by Crippen LogP contribution is -2.20. The monoisotopic (exact) mass is 257 g/mol. The third-order valence-corrected chi connectivity index (χ3v) is 2.52. The summed E-state index contributed by atoms with van der Waals surface area (Å²) in [4.78, 5) is 2.14. The maximum absolute atomic E-state index is 5.64. The molecule has 0 aliphatic heterocycles. The largest absolute Gasteiger partial charge is 0.399 e. The zero-order valence-corrected chi connectivity index (χ0v) is 10.1. The molecular weight excluding hydrogens is 242 g/mol. The van der Waals surface area contributed by atoms with Gasteiger partial charge in [0.05, 0.1) is 0 Å². The van der Waals surface area contributed by atoms with Gasteiger partial charge < -0.3 is 16.0 Å². The summed E-state index contributed by atoms with van der Waals surface area (Å²) in [6, 6.07) is 5.77. The van der Waals surface area contributed by atoms with Crippen LogP contribution in [0.15, 0.2) is 22.7 Å². The Kier molecular flexibility index (Phi) is 4.22. The van der Waals surface area contributed by atoms with Gasteiger partial charge in [0.15, 0.2) is 0 Å². The number of nitrogens with two attached hydrogens (primary N) is 1. The highest BCUT2D eigenvalue weighted by Crippen LogP contribution is 2.24. The maximum Gasteiger partial charge on any atom is 0.0486 e. The van der Waals surface area contributed by atoms with Gasteiger partial charge in [0, 0.05) is 28.9 Å². The molecule has 14 heavy (non-hydrogen) atoms. The molecule has 0 aromatic heterocycles. The maximum atomic E-state index is 5.64.